The van der Waals surface area contributed by atoms with Gasteiger partial charge in [-0.3, -0.25) is 4.79 Å². The highest BCUT2D eigenvalue weighted by molar-refractivity contribution is 7.16. The van der Waals surface area contributed by atoms with Gasteiger partial charge in [0.15, 0.2) is 11.6 Å². The molecule has 0 radical (unpaired) electrons. The number of rotatable bonds is 2. The van der Waals surface area contributed by atoms with Gasteiger partial charge in [-0.25, -0.2) is 18.0 Å². The first-order chi connectivity index (χ1) is 9.78. The summed E-state index contributed by atoms with van der Waals surface area (Å²) in [4.78, 5) is 22.8. The fraction of sp³-hybridized carbons (Fsp3) is 0.231. The molecule has 8 heteroatoms. The molecule has 1 aromatic carbocycles. The molecular formula is C13H8F3NO3S. The molecular weight excluding hydrogens is 307 g/mol. The van der Waals surface area contributed by atoms with E-state index >= 15 is 0 Å². The van der Waals surface area contributed by atoms with Crippen LogP contribution >= 0.6 is 11.3 Å². The van der Waals surface area contributed by atoms with Crippen molar-refractivity contribution < 1.29 is 23.1 Å². The van der Waals surface area contributed by atoms with Gasteiger partial charge in [0.2, 0.25) is 5.43 Å². The fourth-order valence-corrected chi connectivity index (χ4v) is 3.18. The molecule has 0 spiro atoms. The maximum absolute atomic E-state index is 14.4. The third-order valence-corrected chi connectivity index (χ3v) is 4.53. The molecule has 1 aliphatic carbocycles. The first-order valence-corrected chi connectivity index (χ1v) is 6.80. The summed E-state index contributed by atoms with van der Waals surface area (Å²) in [5.41, 5.74) is 1.91. The van der Waals surface area contributed by atoms with E-state index in [1.54, 1.807) is 0 Å². The third-order valence-electron chi connectivity index (χ3n) is 3.56. The van der Waals surface area contributed by atoms with E-state index in [2.05, 4.69) is 0 Å². The van der Waals surface area contributed by atoms with Crippen molar-refractivity contribution in [2.75, 3.05) is 0 Å². The molecule has 3 N–H and O–H groups in total. The molecule has 110 valence electrons. The van der Waals surface area contributed by atoms with Gasteiger partial charge >= 0.3 is 5.97 Å². The van der Waals surface area contributed by atoms with Crippen molar-refractivity contribution >= 4 is 27.4 Å². The molecule has 0 aliphatic heterocycles. The number of fused-ring (bicyclic) bond motifs is 1. The lowest BCUT2D eigenvalue weighted by atomic mass is 10.0. The Morgan fingerprint density at radius 2 is 1.86 bits per heavy atom. The van der Waals surface area contributed by atoms with Crippen LogP contribution in [0.5, 0.6) is 0 Å². The largest absolute Gasteiger partial charge is 0.478 e. The second kappa shape index (κ2) is 4.28. The predicted molar refractivity (Wildman–Crippen MR) is 70.0 cm³/mol. The van der Waals surface area contributed by atoms with Gasteiger partial charge < -0.3 is 10.8 Å². The molecule has 1 fully saturated rings. The van der Waals surface area contributed by atoms with Gasteiger partial charge in [0.05, 0.1) is 10.1 Å². The summed E-state index contributed by atoms with van der Waals surface area (Å²) in [6.07, 6.45) is 0.627. The number of hydrogen-bond donors (Lipinski definition) is 2. The number of halogens is 3. The van der Waals surface area contributed by atoms with Crippen molar-refractivity contribution in [2.45, 2.75) is 18.4 Å². The molecule has 1 aromatic heterocycles. The zero-order valence-electron chi connectivity index (χ0n) is 10.4. The number of carboxylic acid groups (broad SMARTS) is 1. The molecule has 0 saturated heterocycles. The van der Waals surface area contributed by atoms with Crippen LogP contribution in [0, 0.1) is 17.5 Å². The standard InChI is InChI=1S/C13H8F3NO3S/c14-7-5-10(18)4(12(19)20)3-21-11(5)9(16)6(8(7)15)13(17)1-2-13/h3H,1-2,17H2,(H,19,20). The summed E-state index contributed by atoms with van der Waals surface area (Å²) in [5, 5.41) is 8.85. The van der Waals surface area contributed by atoms with Gasteiger partial charge in [-0.1, -0.05) is 0 Å². The first-order valence-electron chi connectivity index (χ1n) is 5.92. The van der Waals surface area contributed by atoms with E-state index in [1.165, 1.54) is 0 Å². The maximum atomic E-state index is 14.4. The molecule has 0 amide bonds. The Labute approximate surface area is 119 Å². The van der Waals surface area contributed by atoms with Crippen LogP contribution in [-0.2, 0) is 5.54 Å². The molecule has 1 aliphatic rings. The van der Waals surface area contributed by atoms with Gasteiger partial charge in [-0.2, -0.15) is 0 Å². The minimum atomic E-state index is -1.58. The second-order valence-electron chi connectivity index (χ2n) is 4.96. The molecule has 3 rings (SSSR count). The van der Waals surface area contributed by atoms with Crippen molar-refractivity contribution in [3.05, 3.63) is 44.2 Å². The van der Waals surface area contributed by atoms with E-state index in [4.69, 9.17) is 10.8 Å². The van der Waals surface area contributed by atoms with Gasteiger partial charge in [-0.15, -0.1) is 11.3 Å². The van der Waals surface area contributed by atoms with Crippen LogP contribution in [-0.4, -0.2) is 11.1 Å². The zero-order valence-corrected chi connectivity index (χ0v) is 11.2. The summed E-state index contributed by atoms with van der Waals surface area (Å²) in [6, 6.07) is 0. The lowest BCUT2D eigenvalue weighted by Crippen LogP contribution is -2.24. The van der Waals surface area contributed by atoms with Crippen molar-refractivity contribution in [3.8, 4) is 0 Å². The first kappa shape index (κ1) is 14.0. The molecule has 21 heavy (non-hydrogen) atoms. The average molecular weight is 315 g/mol. The Morgan fingerprint density at radius 1 is 1.24 bits per heavy atom. The Bertz CT molecular complexity index is 858. The number of carboxylic acids is 1. The summed E-state index contributed by atoms with van der Waals surface area (Å²) >= 11 is 0.536. The Hall–Kier alpha value is -1.93. The van der Waals surface area contributed by atoms with Crippen molar-refractivity contribution in [2.24, 2.45) is 5.73 Å². The van der Waals surface area contributed by atoms with Crippen LogP contribution in [0.3, 0.4) is 0 Å². The molecule has 0 bridgehead atoms. The van der Waals surface area contributed by atoms with E-state index in [0.29, 0.717) is 24.2 Å². The molecule has 2 aromatic rings. The summed E-state index contributed by atoms with van der Waals surface area (Å²) in [6.45, 7) is 0. The highest BCUT2D eigenvalue weighted by Crippen LogP contribution is 2.47. The van der Waals surface area contributed by atoms with E-state index in [9.17, 15) is 22.8 Å². The van der Waals surface area contributed by atoms with Crippen LogP contribution in [0.2, 0.25) is 0 Å². The van der Waals surface area contributed by atoms with Crippen LogP contribution < -0.4 is 11.2 Å². The van der Waals surface area contributed by atoms with Gasteiger partial charge in [0, 0.05) is 16.5 Å². The molecule has 0 unspecified atom stereocenters. The van der Waals surface area contributed by atoms with Gasteiger partial charge in [0.25, 0.3) is 0 Å². The van der Waals surface area contributed by atoms with Crippen LogP contribution in [0.4, 0.5) is 13.2 Å². The minimum Gasteiger partial charge on any atom is -0.478 e. The number of aromatic carboxylic acids is 1. The smallest absolute Gasteiger partial charge is 0.340 e. The number of benzene rings is 1. The highest BCUT2D eigenvalue weighted by atomic mass is 32.1. The number of nitrogens with two attached hydrogens (primary N) is 1. The van der Waals surface area contributed by atoms with Crippen LogP contribution in [0.1, 0.15) is 28.8 Å². The van der Waals surface area contributed by atoms with Crippen molar-refractivity contribution in [1.82, 2.24) is 0 Å². The van der Waals surface area contributed by atoms with Crippen molar-refractivity contribution in [3.63, 3.8) is 0 Å². The van der Waals surface area contributed by atoms with E-state index in [0.717, 1.165) is 5.38 Å². The van der Waals surface area contributed by atoms with E-state index < -0.39 is 55.6 Å². The normalized spacial score (nSPS) is 16.2. The Kier molecular flexibility index (Phi) is 2.86. The number of hydrogen-bond acceptors (Lipinski definition) is 4. The lowest BCUT2D eigenvalue weighted by Gasteiger charge is -2.14. The molecule has 1 heterocycles. The minimum absolute atomic E-state index is 0.313. The fourth-order valence-electron chi connectivity index (χ4n) is 2.23. The predicted octanol–water partition coefficient (Wildman–Crippen LogP) is 2.32. The van der Waals surface area contributed by atoms with E-state index in [-0.39, 0.29) is 0 Å². The SMILES string of the molecule is NC1(c2c(F)c(F)c3c(=O)c(C(=O)O)csc3c2F)CC1. The molecule has 4 nitrogen and oxygen atoms in total. The summed E-state index contributed by atoms with van der Waals surface area (Å²) < 4.78 is 42.2. The monoisotopic (exact) mass is 315 g/mol. The van der Waals surface area contributed by atoms with E-state index in [1.807, 2.05) is 0 Å². The van der Waals surface area contributed by atoms with Gasteiger partial charge in [-0.05, 0) is 12.8 Å². The lowest BCUT2D eigenvalue weighted by molar-refractivity contribution is 0.0696. The Morgan fingerprint density at radius 3 is 2.38 bits per heavy atom. The van der Waals surface area contributed by atoms with Crippen LogP contribution in [0.25, 0.3) is 10.1 Å². The summed E-state index contributed by atoms with van der Waals surface area (Å²) in [7, 11) is 0. The van der Waals surface area contributed by atoms with Crippen LogP contribution in [0.15, 0.2) is 10.2 Å². The quantitative estimate of drug-likeness (QED) is 0.834. The second-order valence-corrected chi connectivity index (χ2v) is 5.84. The molecule has 0 atom stereocenters. The third kappa shape index (κ3) is 1.86. The van der Waals surface area contributed by atoms with Gasteiger partial charge in [0.1, 0.15) is 11.4 Å². The summed E-state index contributed by atoms with van der Waals surface area (Å²) in [5.74, 6) is -5.75. The Balaban J connectivity index is 2.48. The number of carbonyl (C=O) groups is 1. The zero-order chi connectivity index (χ0) is 15.5. The maximum Gasteiger partial charge on any atom is 0.340 e. The van der Waals surface area contributed by atoms with Crippen molar-refractivity contribution in [1.29, 1.82) is 0 Å². The molecule has 1 saturated carbocycles. The topological polar surface area (TPSA) is 80.4 Å². The average Bonchev–Trinajstić information content (AvgIpc) is 3.14. The highest BCUT2D eigenvalue weighted by Gasteiger charge is 2.46.